The lowest BCUT2D eigenvalue weighted by atomic mass is 9.83. The number of rotatable bonds is 3. The highest BCUT2D eigenvalue weighted by atomic mass is 16.5. The van der Waals surface area contributed by atoms with Crippen LogP contribution in [-0.2, 0) is 11.3 Å². The number of fused-ring (bicyclic) bond motifs is 1. The molecule has 6 heteroatoms. The fraction of sp³-hybridized carbons (Fsp3) is 0.737. The molecule has 0 unspecified atom stereocenters. The topological polar surface area (TPSA) is 61.4 Å². The fourth-order valence-corrected chi connectivity index (χ4v) is 4.34. The standard InChI is InChI=1S/C19H28N4O2/c1-13-3-5-15(6-4-13)12-22-14(2)11-23-17(16-7-9-25-10-8-16)20-21-18(23)19(22)24/h11,13,15-16H,3-10,12H2,1-2H3/t13-,15-. The van der Waals surface area contributed by atoms with E-state index in [0.29, 0.717) is 17.5 Å². The first kappa shape index (κ1) is 16.8. The molecule has 4 rings (SSSR count). The second-order valence-electron chi connectivity index (χ2n) is 7.95. The van der Waals surface area contributed by atoms with Crippen LogP contribution in [0.3, 0.4) is 0 Å². The molecule has 3 heterocycles. The van der Waals surface area contributed by atoms with Gasteiger partial charge in [0.05, 0.1) is 0 Å². The zero-order valence-electron chi connectivity index (χ0n) is 15.3. The molecule has 136 valence electrons. The number of hydrogen-bond acceptors (Lipinski definition) is 4. The zero-order chi connectivity index (χ0) is 17.4. The second kappa shape index (κ2) is 6.90. The Kier molecular flexibility index (Phi) is 4.63. The van der Waals surface area contributed by atoms with E-state index >= 15 is 0 Å². The van der Waals surface area contributed by atoms with E-state index in [1.54, 1.807) is 0 Å². The lowest BCUT2D eigenvalue weighted by molar-refractivity contribution is 0.0834. The summed E-state index contributed by atoms with van der Waals surface area (Å²) in [7, 11) is 0. The number of aryl methyl sites for hydroxylation is 1. The molecule has 2 aromatic rings. The summed E-state index contributed by atoms with van der Waals surface area (Å²) in [6, 6.07) is 0. The number of ether oxygens (including phenoxy) is 1. The van der Waals surface area contributed by atoms with Crippen molar-refractivity contribution in [2.24, 2.45) is 11.8 Å². The minimum atomic E-state index is 0.00410. The lowest BCUT2D eigenvalue weighted by Crippen LogP contribution is -2.29. The molecule has 0 spiro atoms. The highest BCUT2D eigenvalue weighted by Crippen LogP contribution is 2.29. The van der Waals surface area contributed by atoms with E-state index in [0.717, 1.165) is 50.0 Å². The zero-order valence-corrected chi connectivity index (χ0v) is 15.3. The maximum Gasteiger partial charge on any atom is 0.296 e. The fourth-order valence-electron chi connectivity index (χ4n) is 4.34. The summed E-state index contributed by atoms with van der Waals surface area (Å²) >= 11 is 0. The van der Waals surface area contributed by atoms with Crippen molar-refractivity contribution < 1.29 is 4.74 Å². The average Bonchev–Trinajstić information content (AvgIpc) is 3.05. The van der Waals surface area contributed by atoms with Crippen molar-refractivity contribution in [1.29, 1.82) is 0 Å². The summed E-state index contributed by atoms with van der Waals surface area (Å²) in [5.41, 5.74) is 1.48. The van der Waals surface area contributed by atoms with Crippen molar-refractivity contribution in [2.75, 3.05) is 13.2 Å². The van der Waals surface area contributed by atoms with Gasteiger partial charge in [0, 0.05) is 37.6 Å². The summed E-state index contributed by atoms with van der Waals surface area (Å²) < 4.78 is 9.28. The Morgan fingerprint density at radius 3 is 2.56 bits per heavy atom. The predicted molar refractivity (Wildman–Crippen MR) is 95.9 cm³/mol. The van der Waals surface area contributed by atoms with Gasteiger partial charge in [-0.3, -0.25) is 9.20 Å². The van der Waals surface area contributed by atoms with Crippen LogP contribution in [0.2, 0.25) is 0 Å². The van der Waals surface area contributed by atoms with Gasteiger partial charge in [0.25, 0.3) is 5.56 Å². The van der Waals surface area contributed by atoms with Crippen LogP contribution in [0.1, 0.15) is 62.9 Å². The molecule has 2 fully saturated rings. The Morgan fingerprint density at radius 1 is 1.12 bits per heavy atom. The average molecular weight is 344 g/mol. The van der Waals surface area contributed by atoms with Crippen LogP contribution in [0.25, 0.3) is 5.65 Å². The molecular weight excluding hydrogens is 316 g/mol. The molecule has 0 amide bonds. The van der Waals surface area contributed by atoms with Crippen molar-refractivity contribution in [3.63, 3.8) is 0 Å². The molecule has 1 saturated carbocycles. The molecular formula is C19H28N4O2. The first-order chi connectivity index (χ1) is 12.1. The number of hydrogen-bond donors (Lipinski definition) is 0. The Hall–Kier alpha value is -1.69. The molecule has 0 radical (unpaired) electrons. The van der Waals surface area contributed by atoms with Crippen LogP contribution in [0, 0.1) is 18.8 Å². The molecule has 1 aliphatic carbocycles. The SMILES string of the molecule is Cc1cn2c(C3CCOCC3)nnc2c(=O)n1C[C@H]1CC[C@H](C)CC1. The van der Waals surface area contributed by atoms with Gasteiger partial charge in [-0.25, -0.2) is 0 Å². The van der Waals surface area contributed by atoms with Crippen LogP contribution in [0.4, 0.5) is 0 Å². The van der Waals surface area contributed by atoms with Crippen LogP contribution in [0.15, 0.2) is 11.0 Å². The summed E-state index contributed by atoms with van der Waals surface area (Å²) in [4.78, 5) is 13.0. The Balaban J connectivity index is 1.64. The summed E-state index contributed by atoms with van der Waals surface area (Å²) in [6.07, 6.45) is 8.94. The van der Waals surface area contributed by atoms with Crippen molar-refractivity contribution in [2.45, 2.75) is 64.8 Å². The lowest BCUT2D eigenvalue weighted by Gasteiger charge is -2.27. The van der Waals surface area contributed by atoms with E-state index < -0.39 is 0 Å². The van der Waals surface area contributed by atoms with Gasteiger partial charge in [-0.1, -0.05) is 19.8 Å². The summed E-state index contributed by atoms with van der Waals surface area (Å²) in [6.45, 7) is 6.69. The second-order valence-corrected chi connectivity index (χ2v) is 7.95. The summed E-state index contributed by atoms with van der Waals surface area (Å²) in [5, 5.41) is 8.60. The molecule has 0 bridgehead atoms. The summed E-state index contributed by atoms with van der Waals surface area (Å²) in [5.74, 6) is 2.68. The van der Waals surface area contributed by atoms with E-state index in [4.69, 9.17) is 4.74 Å². The molecule has 0 aromatic carbocycles. The molecule has 25 heavy (non-hydrogen) atoms. The highest BCUT2D eigenvalue weighted by molar-refractivity contribution is 5.36. The normalized spacial score (nSPS) is 25.5. The third kappa shape index (κ3) is 3.24. The van der Waals surface area contributed by atoms with E-state index in [1.807, 2.05) is 22.1 Å². The molecule has 1 saturated heterocycles. The molecule has 1 aliphatic heterocycles. The van der Waals surface area contributed by atoms with Gasteiger partial charge in [-0.05, 0) is 44.4 Å². The van der Waals surface area contributed by atoms with Crippen LogP contribution in [0.5, 0.6) is 0 Å². The highest BCUT2D eigenvalue weighted by Gasteiger charge is 2.24. The predicted octanol–water partition coefficient (Wildman–Crippen LogP) is 2.92. The van der Waals surface area contributed by atoms with Gasteiger partial charge in [0.2, 0.25) is 5.65 Å². The third-order valence-electron chi connectivity index (χ3n) is 6.06. The third-order valence-corrected chi connectivity index (χ3v) is 6.06. The van der Waals surface area contributed by atoms with Gasteiger partial charge < -0.3 is 9.30 Å². The Morgan fingerprint density at radius 2 is 1.84 bits per heavy atom. The van der Waals surface area contributed by atoms with Gasteiger partial charge in [-0.15, -0.1) is 10.2 Å². The molecule has 2 aliphatic rings. The minimum absolute atomic E-state index is 0.00410. The largest absolute Gasteiger partial charge is 0.381 e. The van der Waals surface area contributed by atoms with Gasteiger partial charge in [0.15, 0.2) is 0 Å². The molecule has 0 N–H and O–H groups in total. The molecule has 0 atom stereocenters. The van der Waals surface area contributed by atoms with Crippen LogP contribution in [-0.4, -0.2) is 32.4 Å². The van der Waals surface area contributed by atoms with Crippen molar-refractivity contribution >= 4 is 5.65 Å². The first-order valence-corrected chi connectivity index (χ1v) is 9.66. The van der Waals surface area contributed by atoms with Crippen molar-refractivity contribution in [3.05, 3.63) is 28.1 Å². The van der Waals surface area contributed by atoms with E-state index in [-0.39, 0.29) is 5.56 Å². The number of nitrogens with zero attached hydrogens (tertiary/aromatic N) is 4. The van der Waals surface area contributed by atoms with Crippen molar-refractivity contribution in [3.8, 4) is 0 Å². The van der Waals surface area contributed by atoms with Gasteiger partial charge in [0.1, 0.15) is 5.82 Å². The number of aromatic nitrogens is 4. The van der Waals surface area contributed by atoms with Gasteiger partial charge in [-0.2, -0.15) is 0 Å². The molecule has 6 nitrogen and oxygen atoms in total. The minimum Gasteiger partial charge on any atom is -0.381 e. The van der Waals surface area contributed by atoms with Crippen LogP contribution >= 0.6 is 0 Å². The quantitative estimate of drug-likeness (QED) is 0.859. The van der Waals surface area contributed by atoms with Gasteiger partial charge >= 0.3 is 0 Å². The smallest absolute Gasteiger partial charge is 0.296 e. The maximum atomic E-state index is 13.0. The van der Waals surface area contributed by atoms with Crippen LogP contribution < -0.4 is 5.56 Å². The van der Waals surface area contributed by atoms with E-state index in [1.165, 1.54) is 25.7 Å². The van der Waals surface area contributed by atoms with E-state index in [2.05, 4.69) is 17.1 Å². The Labute approximate surface area is 148 Å². The maximum absolute atomic E-state index is 13.0. The molecule has 2 aromatic heterocycles. The monoisotopic (exact) mass is 344 g/mol. The van der Waals surface area contributed by atoms with Crippen molar-refractivity contribution in [1.82, 2.24) is 19.2 Å². The van der Waals surface area contributed by atoms with E-state index in [9.17, 15) is 4.79 Å². The first-order valence-electron chi connectivity index (χ1n) is 9.66. The Bertz CT molecular complexity index is 796.